The Morgan fingerprint density at radius 2 is 1.61 bits per heavy atom. The van der Waals surface area contributed by atoms with Crippen LogP contribution in [0, 0.1) is 0 Å². The number of nitrogens with zero attached hydrogens (tertiary/aromatic N) is 4. The van der Waals surface area contributed by atoms with E-state index >= 15 is 0 Å². The Balaban J connectivity index is 1.59. The maximum absolute atomic E-state index is 14.3. The highest BCUT2D eigenvalue weighted by Crippen LogP contribution is 2.35. The largest absolute Gasteiger partial charge is 0.497 e. The third-order valence-electron chi connectivity index (χ3n) is 6.65. The first-order valence-electron chi connectivity index (χ1n) is 13.4. The molecular formula is C32H31N5O4. The molecular weight excluding hydrogens is 518 g/mol. The number of aromatic nitrogens is 3. The van der Waals surface area contributed by atoms with Crippen molar-refractivity contribution in [2.75, 3.05) is 18.6 Å². The highest BCUT2D eigenvalue weighted by molar-refractivity contribution is 6.02. The molecule has 0 unspecified atom stereocenters. The molecule has 5 aromatic rings. The topological polar surface area (TPSA) is 98.6 Å². The Kier molecular flexibility index (Phi) is 8.54. The van der Waals surface area contributed by atoms with Crippen LogP contribution in [0.1, 0.15) is 24.1 Å². The smallest absolute Gasteiger partial charge is 0.249 e. The molecule has 9 heteroatoms. The van der Waals surface area contributed by atoms with Gasteiger partial charge in [-0.2, -0.15) is 0 Å². The van der Waals surface area contributed by atoms with Crippen molar-refractivity contribution in [1.82, 2.24) is 20.3 Å². The minimum atomic E-state index is -1.04. The van der Waals surface area contributed by atoms with Gasteiger partial charge in [-0.1, -0.05) is 65.9 Å². The van der Waals surface area contributed by atoms with Gasteiger partial charge in [0.2, 0.25) is 11.8 Å². The lowest BCUT2D eigenvalue weighted by atomic mass is 10.0. The van der Waals surface area contributed by atoms with Crippen LogP contribution in [-0.4, -0.2) is 40.5 Å². The number of methoxy groups -OCH3 is 1. The molecule has 1 heterocycles. The summed E-state index contributed by atoms with van der Waals surface area (Å²) in [6, 6.07) is 30.3. The third kappa shape index (κ3) is 6.19. The summed E-state index contributed by atoms with van der Waals surface area (Å²) in [5, 5.41) is 11.4. The molecule has 5 rings (SSSR count). The Morgan fingerprint density at radius 3 is 2.37 bits per heavy atom. The molecule has 0 aliphatic rings. The number of hydrogen-bond donors (Lipinski definition) is 1. The highest BCUT2D eigenvalue weighted by atomic mass is 16.5. The van der Waals surface area contributed by atoms with Gasteiger partial charge >= 0.3 is 0 Å². The van der Waals surface area contributed by atoms with Gasteiger partial charge in [0.15, 0.2) is 0 Å². The molecule has 0 bridgehead atoms. The molecule has 208 valence electrons. The van der Waals surface area contributed by atoms with E-state index in [0.29, 0.717) is 41.4 Å². The summed E-state index contributed by atoms with van der Waals surface area (Å²) < 4.78 is 12.8. The molecule has 0 fully saturated rings. The average molecular weight is 550 g/mol. The van der Waals surface area contributed by atoms with Gasteiger partial charge in [0.25, 0.3) is 0 Å². The van der Waals surface area contributed by atoms with Crippen molar-refractivity contribution in [1.29, 1.82) is 0 Å². The molecule has 41 heavy (non-hydrogen) atoms. The number of para-hydroxylation sites is 2. The number of ether oxygens (including phenoxy) is 2. The van der Waals surface area contributed by atoms with Crippen LogP contribution in [0.15, 0.2) is 103 Å². The number of amides is 2. The monoisotopic (exact) mass is 549 g/mol. The number of anilines is 1. The minimum Gasteiger partial charge on any atom is -0.497 e. The van der Waals surface area contributed by atoms with E-state index in [1.165, 1.54) is 4.90 Å². The molecule has 0 radical (unpaired) electrons. The third-order valence-corrected chi connectivity index (χ3v) is 6.65. The normalized spacial score (nSPS) is 11.6. The Labute approximate surface area is 238 Å². The summed E-state index contributed by atoms with van der Waals surface area (Å²) in [6.45, 7) is 2.44. The number of carbonyl (C=O) groups excluding carboxylic acids is 2. The fourth-order valence-electron chi connectivity index (χ4n) is 4.69. The van der Waals surface area contributed by atoms with Crippen LogP contribution in [0.5, 0.6) is 11.5 Å². The first-order valence-corrected chi connectivity index (χ1v) is 13.4. The van der Waals surface area contributed by atoms with E-state index in [1.54, 1.807) is 42.1 Å². The van der Waals surface area contributed by atoms with E-state index in [0.717, 1.165) is 11.1 Å². The second kappa shape index (κ2) is 12.8. The lowest BCUT2D eigenvalue weighted by Crippen LogP contribution is -2.45. The average Bonchev–Trinajstić information content (AvgIpc) is 3.42. The van der Waals surface area contributed by atoms with Gasteiger partial charge in [0.1, 0.15) is 29.6 Å². The number of fused-ring (bicyclic) bond motifs is 1. The molecule has 9 nitrogen and oxygen atoms in total. The van der Waals surface area contributed by atoms with Crippen molar-refractivity contribution >= 4 is 28.5 Å². The zero-order valence-corrected chi connectivity index (χ0v) is 22.9. The van der Waals surface area contributed by atoms with Crippen LogP contribution >= 0.6 is 0 Å². The van der Waals surface area contributed by atoms with E-state index in [9.17, 15) is 9.59 Å². The number of hydrogen-bond acceptors (Lipinski definition) is 6. The SMILES string of the molecule is CCOc1ccccc1[C@H](C(=O)NCc1ccccc1)N(C(=O)Cn1nnc2ccccc21)c1ccc(OC)cc1. The molecule has 0 aliphatic heterocycles. The van der Waals surface area contributed by atoms with Crippen molar-refractivity contribution in [3.8, 4) is 11.5 Å². The van der Waals surface area contributed by atoms with Crippen molar-refractivity contribution < 1.29 is 19.1 Å². The van der Waals surface area contributed by atoms with E-state index < -0.39 is 6.04 Å². The number of nitrogens with one attached hydrogen (secondary N) is 1. The van der Waals surface area contributed by atoms with Crippen molar-refractivity contribution in [3.63, 3.8) is 0 Å². The zero-order chi connectivity index (χ0) is 28.6. The molecule has 1 aromatic heterocycles. The van der Waals surface area contributed by atoms with Crippen LogP contribution in [0.25, 0.3) is 11.0 Å². The predicted octanol–water partition coefficient (Wildman–Crippen LogP) is 4.93. The summed E-state index contributed by atoms with van der Waals surface area (Å²) in [4.78, 5) is 29.9. The Hall–Kier alpha value is -5.18. The zero-order valence-electron chi connectivity index (χ0n) is 22.9. The summed E-state index contributed by atoms with van der Waals surface area (Å²) in [6.07, 6.45) is 0. The summed E-state index contributed by atoms with van der Waals surface area (Å²) >= 11 is 0. The standard InChI is InChI=1S/C32H31N5O4/c1-3-41-29-16-10-7-13-26(29)31(32(39)33-21-23-11-5-4-6-12-23)37(24-17-19-25(40-2)20-18-24)30(38)22-36-28-15-9-8-14-27(28)34-35-36/h4-20,31H,3,21-22H2,1-2H3,(H,33,39)/t31-/m1/s1. The summed E-state index contributed by atoms with van der Waals surface area (Å²) in [5.74, 6) is 0.446. The van der Waals surface area contributed by atoms with Crippen LogP contribution in [-0.2, 0) is 22.7 Å². The van der Waals surface area contributed by atoms with Crippen LogP contribution in [0.4, 0.5) is 5.69 Å². The lowest BCUT2D eigenvalue weighted by molar-refractivity contribution is -0.127. The molecule has 0 spiro atoms. The predicted molar refractivity (Wildman–Crippen MR) is 157 cm³/mol. The van der Waals surface area contributed by atoms with Gasteiger partial charge in [-0.15, -0.1) is 5.10 Å². The Bertz CT molecular complexity index is 1620. The fraction of sp³-hybridized carbons (Fsp3) is 0.188. The molecule has 1 N–H and O–H groups in total. The second-order valence-electron chi connectivity index (χ2n) is 9.27. The van der Waals surface area contributed by atoms with Gasteiger partial charge in [0.05, 0.1) is 19.2 Å². The van der Waals surface area contributed by atoms with Gasteiger partial charge in [-0.25, -0.2) is 4.68 Å². The number of benzene rings is 4. The summed E-state index contributed by atoms with van der Waals surface area (Å²) in [7, 11) is 1.58. The Morgan fingerprint density at radius 1 is 0.902 bits per heavy atom. The van der Waals surface area contributed by atoms with E-state index in [2.05, 4.69) is 15.6 Å². The van der Waals surface area contributed by atoms with Gasteiger partial charge in [0, 0.05) is 17.8 Å². The van der Waals surface area contributed by atoms with Crippen LogP contribution in [0.3, 0.4) is 0 Å². The fourth-order valence-corrected chi connectivity index (χ4v) is 4.69. The van der Waals surface area contributed by atoms with Gasteiger partial charge < -0.3 is 14.8 Å². The van der Waals surface area contributed by atoms with Crippen LogP contribution in [0.2, 0.25) is 0 Å². The van der Waals surface area contributed by atoms with Crippen LogP contribution < -0.4 is 19.7 Å². The lowest BCUT2D eigenvalue weighted by Gasteiger charge is -2.32. The van der Waals surface area contributed by atoms with Gasteiger partial charge in [-0.05, 0) is 55.0 Å². The maximum Gasteiger partial charge on any atom is 0.249 e. The molecule has 0 saturated heterocycles. The molecule has 0 aliphatic carbocycles. The van der Waals surface area contributed by atoms with Crippen molar-refractivity contribution in [3.05, 3.63) is 114 Å². The van der Waals surface area contributed by atoms with E-state index in [4.69, 9.17) is 9.47 Å². The van der Waals surface area contributed by atoms with E-state index in [1.807, 2.05) is 79.7 Å². The molecule has 1 atom stereocenters. The summed E-state index contributed by atoms with van der Waals surface area (Å²) in [5.41, 5.74) is 3.42. The number of rotatable bonds is 11. The minimum absolute atomic E-state index is 0.133. The first kappa shape index (κ1) is 27.4. The van der Waals surface area contributed by atoms with Crippen molar-refractivity contribution in [2.24, 2.45) is 0 Å². The number of carbonyl (C=O) groups is 2. The maximum atomic E-state index is 14.3. The van der Waals surface area contributed by atoms with Crippen molar-refractivity contribution in [2.45, 2.75) is 26.1 Å². The van der Waals surface area contributed by atoms with Gasteiger partial charge in [-0.3, -0.25) is 14.5 Å². The quantitative estimate of drug-likeness (QED) is 0.251. The molecule has 4 aromatic carbocycles. The molecule has 0 saturated carbocycles. The second-order valence-corrected chi connectivity index (χ2v) is 9.27. The first-order chi connectivity index (χ1) is 20.1. The molecule has 2 amide bonds. The highest BCUT2D eigenvalue weighted by Gasteiger charge is 2.35. The van der Waals surface area contributed by atoms with E-state index in [-0.39, 0.29) is 18.4 Å².